The first-order chi connectivity index (χ1) is 10.2. The van der Waals surface area contributed by atoms with Gasteiger partial charge in [0.15, 0.2) is 0 Å². The maximum atomic E-state index is 6.07. The Hall–Kier alpha value is -0.390. The van der Waals surface area contributed by atoms with E-state index in [2.05, 4.69) is 62.5 Å². The summed E-state index contributed by atoms with van der Waals surface area (Å²) in [5, 5.41) is 3.64. The molecule has 1 saturated heterocycles. The van der Waals surface area contributed by atoms with Crippen LogP contribution in [0.5, 0.6) is 0 Å². The number of nitrogens with zero attached hydrogens (tertiary/aromatic N) is 1. The number of benzene rings is 1. The Bertz CT molecular complexity index is 568. The fraction of sp³-hybridized carbons (Fsp3) is 0.375. The lowest BCUT2D eigenvalue weighted by atomic mass is 10.2. The van der Waals surface area contributed by atoms with E-state index in [1.807, 2.05) is 0 Å². The minimum absolute atomic E-state index is 0.577. The van der Waals surface area contributed by atoms with Crippen LogP contribution in [0.15, 0.2) is 40.9 Å². The van der Waals surface area contributed by atoms with Gasteiger partial charge in [-0.1, -0.05) is 41.9 Å². The molecule has 0 aliphatic carbocycles. The molecule has 1 fully saturated rings. The topological polar surface area (TPSA) is 15.3 Å². The predicted molar refractivity (Wildman–Crippen MR) is 94.0 cm³/mol. The lowest BCUT2D eigenvalue weighted by Gasteiger charge is -2.16. The molecule has 1 atom stereocenters. The lowest BCUT2D eigenvalue weighted by molar-refractivity contribution is 0.320. The molecule has 1 N–H and O–H groups in total. The standard InChI is InChI=1S/C16H18BrClN2S/c17-15-8-14(21-16(15)18)9-19-13-6-7-20(11-13)10-12-4-2-1-3-5-12/h1-5,8,13,19H,6-7,9-11H2. The molecule has 2 aromatic rings. The molecule has 1 aliphatic heterocycles. The highest BCUT2D eigenvalue weighted by Crippen LogP contribution is 2.32. The Morgan fingerprint density at radius 2 is 2.14 bits per heavy atom. The number of hydrogen-bond donors (Lipinski definition) is 1. The molecule has 5 heteroatoms. The van der Waals surface area contributed by atoms with E-state index in [1.54, 1.807) is 11.3 Å². The van der Waals surface area contributed by atoms with Gasteiger partial charge < -0.3 is 5.32 Å². The van der Waals surface area contributed by atoms with Crippen LogP contribution in [0.1, 0.15) is 16.9 Å². The molecular weight excluding hydrogens is 368 g/mol. The third-order valence-corrected chi connectivity index (χ3v) is 6.26. The largest absolute Gasteiger partial charge is 0.308 e. The van der Waals surface area contributed by atoms with E-state index in [9.17, 15) is 0 Å². The zero-order valence-corrected chi connectivity index (χ0v) is 14.8. The van der Waals surface area contributed by atoms with Gasteiger partial charge in [-0.05, 0) is 34.0 Å². The third kappa shape index (κ3) is 4.30. The molecule has 0 bridgehead atoms. The van der Waals surface area contributed by atoms with E-state index < -0.39 is 0 Å². The van der Waals surface area contributed by atoms with Gasteiger partial charge in [0.25, 0.3) is 0 Å². The van der Waals surface area contributed by atoms with Crippen molar-refractivity contribution in [3.8, 4) is 0 Å². The van der Waals surface area contributed by atoms with Crippen LogP contribution in [-0.2, 0) is 13.1 Å². The average molecular weight is 386 g/mol. The number of rotatable bonds is 5. The maximum absolute atomic E-state index is 6.07. The molecule has 2 heterocycles. The summed E-state index contributed by atoms with van der Waals surface area (Å²) in [7, 11) is 0. The minimum atomic E-state index is 0.577. The molecule has 1 aliphatic rings. The Kier molecular flexibility index (Phi) is 5.35. The van der Waals surface area contributed by atoms with E-state index in [0.29, 0.717) is 6.04 Å². The molecule has 0 saturated carbocycles. The van der Waals surface area contributed by atoms with Gasteiger partial charge in [0.2, 0.25) is 0 Å². The SMILES string of the molecule is Clc1sc(CNC2CCN(Cc3ccccc3)C2)cc1Br. The van der Waals surface area contributed by atoms with Gasteiger partial charge in [0, 0.05) is 41.6 Å². The van der Waals surface area contributed by atoms with Crippen LogP contribution in [-0.4, -0.2) is 24.0 Å². The zero-order chi connectivity index (χ0) is 14.7. The van der Waals surface area contributed by atoms with Crippen LogP contribution in [0.3, 0.4) is 0 Å². The Morgan fingerprint density at radius 3 is 2.86 bits per heavy atom. The predicted octanol–water partition coefficient (Wildman–Crippen LogP) is 4.53. The molecule has 0 amide bonds. The molecule has 1 aromatic carbocycles. The summed E-state index contributed by atoms with van der Waals surface area (Å²) in [5.74, 6) is 0. The van der Waals surface area contributed by atoms with Gasteiger partial charge in [-0.25, -0.2) is 0 Å². The summed E-state index contributed by atoms with van der Waals surface area (Å²) in [5.41, 5.74) is 1.40. The fourth-order valence-electron chi connectivity index (χ4n) is 2.71. The molecule has 0 spiro atoms. The van der Waals surface area contributed by atoms with Crippen LogP contribution >= 0.6 is 38.9 Å². The van der Waals surface area contributed by atoms with Crippen molar-refractivity contribution in [3.05, 3.63) is 55.6 Å². The Labute approximate surface area is 143 Å². The van der Waals surface area contributed by atoms with Gasteiger partial charge in [-0.3, -0.25) is 4.90 Å². The minimum Gasteiger partial charge on any atom is -0.308 e. The molecule has 3 rings (SSSR count). The summed E-state index contributed by atoms with van der Waals surface area (Å²) >= 11 is 11.2. The second kappa shape index (κ2) is 7.25. The van der Waals surface area contributed by atoms with Crippen LogP contribution in [0, 0.1) is 0 Å². The fourth-order valence-corrected chi connectivity index (χ4v) is 4.45. The van der Waals surface area contributed by atoms with E-state index in [4.69, 9.17) is 11.6 Å². The first kappa shape index (κ1) is 15.5. The second-order valence-corrected chi connectivity index (χ2v) is 8.01. The smallest absolute Gasteiger partial charge is 0.107 e. The van der Waals surface area contributed by atoms with Crippen molar-refractivity contribution in [1.82, 2.24) is 10.2 Å². The number of halogens is 2. The summed E-state index contributed by atoms with van der Waals surface area (Å²) in [6.45, 7) is 4.24. The summed E-state index contributed by atoms with van der Waals surface area (Å²) in [6, 6.07) is 13.4. The van der Waals surface area contributed by atoms with Crippen LogP contribution in [0.2, 0.25) is 4.34 Å². The highest BCUT2D eigenvalue weighted by Gasteiger charge is 2.22. The number of nitrogens with one attached hydrogen (secondary N) is 1. The first-order valence-electron chi connectivity index (χ1n) is 7.14. The monoisotopic (exact) mass is 384 g/mol. The van der Waals surface area contributed by atoms with Crippen molar-refractivity contribution >= 4 is 38.9 Å². The zero-order valence-electron chi connectivity index (χ0n) is 11.7. The van der Waals surface area contributed by atoms with Crippen molar-refractivity contribution in [2.24, 2.45) is 0 Å². The van der Waals surface area contributed by atoms with E-state index in [0.717, 1.165) is 28.4 Å². The van der Waals surface area contributed by atoms with Crippen molar-refractivity contribution in [2.45, 2.75) is 25.6 Å². The van der Waals surface area contributed by atoms with Crippen LogP contribution < -0.4 is 5.32 Å². The number of thiophene rings is 1. The third-order valence-electron chi connectivity index (χ3n) is 3.78. The molecule has 2 nitrogen and oxygen atoms in total. The Morgan fingerprint density at radius 1 is 1.33 bits per heavy atom. The molecule has 1 aromatic heterocycles. The number of hydrogen-bond acceptors (Lipinski definition) is 3. The van der Waals surface area contributed by atoms with Crippen molar-refractivity contribution in [1.29, 1.82) is 0 Å². The van der Waals surface area contributed by atoms with E-state index in [-0.39, 0.29) is 0 Å². The van der Waals surface area contributed by atoms with Gasteiger partial charge in [0.05, 0.1) is 0 Å². The van der Waals surface area contributed by atoms with Crippen LogP contribution in [0.25, 0.3) is 0 Å². The van der Waals surface area contributed by atoms with Gasteiger partial charge in [-0.2, -0.15) is 0 Å². The molecule has 112 valence electrons. The molecule has 0 radical (unpaired) electrons. The second-order valence-electron chi connectivity index (χ2n) is 5.42. The van der Waals surface area contributed by atoms with E-state index >= 15 is 0 Å². The maximum Gasteiger partial charge on any atom is 0.107 e. The summed E-state index contributed by atoms with van der Waals surface area (Å²) < 4.78 is 1.84. The van der Waals surface area contributed by atoms with Gasteiger partial charge in [-0.15, -0.1) is 11.3 Å². The molecular formula is C16H18BrClN2S. The first-order valence-corrected chi connectivity index (χ1v) is 9.13. The highest BCUT2D eigenvalue weighted by molar-refractivity contribution is 9.10. The molecule has 1 unspecified atom stereocenters. The van der Waals surface area contributed by atoms with Gasteiger partial charge in [0.1, 0.15) is 4.34 Å². The summed E-state index contributed by atoms with van der Waals surface area (Å²) in [6.07, 6.45) is 1.22. The van der Waals surface area contributed by atoms with Crippen molar-refractivity contribution < 1.29 is 0 Å². The number of likely N-dealkylation sites (tertiary alicyclic amines) is 1. The normalized spacial score (nSPS) is 19.2. The van der Waals surface area contributed by atoms with Crippen LogP contribution in [0.4, 0.5) is 0 Å². The van der Waals surface area contributed by atoms with E-state index in [1.165, 1.54) is 23.4 Å². The van der Waals surface area contributed by atoms with Crippen molar-refractivity contribution in [2.75, 3.05) is 13.1 Å². The highest BCUT2D eigenvalue weighted by atomic mass is 79.9. The Balaban J connectivity index is 1.46. The summed E-state index contributed by atoms with van der Waals surface area (Å²) in [4.78, 5) is 3.80. The molecule has 21 heavy (non-hydrogen) atoms. The van der Waals surface area contributed by atoms with Crippen molar-refractivity contribution in [3.63, 3.8) is 0 Å². The average Bonchev–Trinajstić information content (AvgIpc) is 3.05. The lowest BCUT2D eigenvalue weighted by Crippen LogP contribution is -2.31. The quantitative estimate of drug-likeness (QED) is 0.813. The van der Waals surface area contributed by atoms with Gasteiger partial charge >= 0.3 is 0 Å².